The van der Waals surface area contributed by atoms with Gasteiger partial charge in [-0.05, 0) is 13.8 Å². The zero-order chi connectivity index (χ0) is 14.7. The predicted molar refractivity (Wildman–Crippen MR) is 72.1 cm³/mol. The molecule has 2 aromatic rings. The predicted octanol–water partition coefficient (Wildman–Crippen LogP) is 1.59. The quantitative estimate of drug-likeness (QED) is 0.837. The number of halogens is 1. The minimum Gasteiger partial charge on any atom is -0.340 e. The van der Waals surface area contributed by atoms with Gasteiger partial charge < -0.3 is 9.42 Å². The van der Waals surface area contributed by atoms with Crippen LogP contribution >= 0.6 is 11.6 Å². The molecule has 8 heteroatoms. The first-order valence-corrected chi connectivity index (χ1v) is 6.64. The molecule has 2 heterocycles. The molecule has 0 aliphatic carbocycles. The van der Waals surface area contributed by atoms with Crippen LogP contribution in [0.5, 0.6) is 0 Å². The number of hydrogen-bond donors (Lipinski definition) is 0. The molecule has 7 nitrogen and oxygen atoms in total. The molecule has 0 unspecified atom stereocenters. The maximum atomic E-state index is 12.2. The molecule has 0 N–H and O–H groups in total. The summed E-state index contributed by atoms with van der Waals surface area (Å²) in [6.45, 7) is 6.41. The van der Waals surface area contributed by atoms with Crippen LogP contribution in [-0.4, -0.2) is 37.3 Å². The van der Waals surface area contributed by atoms with Crippen molar-refractivity contribution in [1.29, 1.82) is 0 Å². The molecule has 0 radical (unpaired) electrons. The van der Waals surface area contributed by atoms with Gasteiger partial charge in [0.25, 0.3) is 0 Å². The Morgan fingerprint density at radius 2 is 2.25 bits per heavy atom. The molecule has 0 fully saturated rings. The number of carbonyl (C=O) groups is 1. The summed E-state index contributed by atoms with van der Waals surface area (Å²) >= 11 is 5.92. The molecule has 2 rings (SSSR count). The van der Waals surface area contributed by atoms with E-state index in [1.54, 1.807) is 24.9 Å². The van der Waals surface area contributed by atoms with E-state index in [1.807, 2.05) is 6.92 Å². The van der Waals surface area contributed by atoms with Gasteiger partial charge in [-0.3, -0.25) is 9.48 Å². The molecule has 1 amide bonds. The highest BCUT2D eigenvalue weighted by Gasteiger charge is 2.16. The van der Waals surface area contributed by atoms with Crippen LogP contribution in [0, 0.1) is 13.8 Å². The van der Waals surface area contributed by atoms with E-state index in [0.29, 0.717) is 35.5 Å². The molecular formula is C12H16ClN5O2. The van der Waals surface area contributed by atoms with Gasteiger partial charge in [0, 0.05) is 19.7 Å². The highest BCUT2D eigenvalue weighted by Crippen LogP contribution is 2.12. The van der Waals surface area contributed by atoms with Crippen LogP contribution in [-0.2, 0) is 17.9 Å². The molecule has 0 saturated heterocycles. The Labute approximate surface area is 121 Å². The van der Waals surface area contributed by atoms with Crippen LogP contribution in [0.25, 0.3) is 0 Å². The van der Waals surface area contributed by atoms with Crippen LogP contribution in [0.4, 0.5) is 0 Å². The first-order valence-electron chi connectivity index (χ1n) is 6.26. The minimum atomic E-state index is -0.0749. The van der Waals surface area contributed by atoms with Crippen LogP contribution in [0.3, 0.4) is 0 Å². The zero-order valence-electron chi connectivity index (χ0n) is 11.6. The molecule has 0 saturated carbocycles. The van der Waals surface area contributed by atoms with Gasteiger partial charge >= 0.3 is 0 Å². The van der Waals surface area contributed by atoms with Crippen molar-refractivity contribution in [2.24, 2.45) is 0 Å². The van der Waals surface area contributed by atoms with Crippen molar-refractivity contribution in [3.05, 3.63) is 28.6 Å². The Morgan fingerprint density at radius 3 is 2.75 bits per heavy atom. The Hall–Kier alpha value is -1.89. The molecule has 0 aliphatic rings. The van der Waals surface area contributed by atoms with Gasteiger partial charge in [-0.1, -0.05) is 16.8 Å². The van der Waals surface area contributed by atoms with Crippen LogP contribution in [0.15, 0.2) is 10.7 Å². The zero-order valence-corrected chi connectivity index (χ0v) is 12.4. The third-order valence-corrected chi connectivity index (χ3v) is 3.19. The lowest BCUT2D eigenvalue weighted by molar-refractivity contribution is -0.132. The van der Waals surface area contributed by atoms with Gasteiger partial charge in [-0.2, -0.15) is 10.1 Å². The SMILES string of the molecule is CCN(Cc1noc(C)n1)C(=O)Cn1cc(Cl)c(C)n1. The topological polar surface area (TPSA) is 77.0 Å². The molecule has 2 aromatic heterocycles. The molecular weight excluding hydrogens is 282 g/mol. The maximum Gasteiger partial charge on any atom is 0.244 e. The number of carbonyl (C=O) groups excluding carboxylic acids is 1. The highest BCUT2D eigenvalue weighted by atomic mass is 35.5. The Balaban J connectivity index is 2.01. The summed E-state index contributed by atoms with van der Waals surface area (Å²) in [6.07, 6.45) is 1.64. The summed E-state index contributed by atoms with van der Waals surface area (Å²) in [5, 5.41) is 8.50. The maximum absolute atomic E-state index is 12.2. The fraction of sp³-hybridized carbons (Fsp3) is 0.500. The van der Waals surface area contributed by atoms with E-state index in [1.165, 1.54) is 4.68 Å². The number of aryl methyl sites for hydroxylation is 2. The summed E-state index contributed by atoms with van der Waals surface area (Å²) in [5.74, 6) is 0.902. The van der Waals surface area contributed by atoms with Gasteiger partial charge in [0.2, 0.25) is 11.8 Å². The standard InChI is InChI=1S/C12H16ClN5O2/c1-4-17(6-11-14-9(3)20-16-11)12(19)7-18-5-10(13)8(2)15-18/h5H,4,6-7H2,1-3H3. The number of nitrogens with zero attached hydrogens (tertiary/aromatic N) is 5. The first-order chi connectivity index (χ1) is 9.49. The van der Waals surface area contributed by atoms with Crippen molar-refractivity contribution < 1.29 is 9.32 Å². The summed E-state index contributed by atoms with van der Waals surface area (Å²) in [5.41, 5.74) is 0.705. The summed E-state index contributed by atoms with van der Waals surface area (Å²) in [7, 11) is 0. The molecule has 0 aromatic carbocycles. The van der Waals surface area contributed by atoms with Gasteiger partial charge in [-0.25, -0.2) is 0 Å². The van der Waals surface area contributed by atoms with Crippen molar-refractivity contribution in [3.8, 4) is 0 Å². The lowest BCUT2D eigenvalue weighted by atomic mass is 10.4. The summed E-state index contributed by atoms with van der Waals surface area (Å²) in [6, 6.07) is 0. The Morgan fingerprint density at radius 1 is 1.50 bits per heavy atom. The van der Waals surface area contributed by atoms with Crippen molar-refractivity contribution in [3.63, 3.8) is 0 Å². The van der Waals surface area contributed by atoms with Gasteiger partial charge in [0.15, 0.2) is 5.82 Å². The monoisotopic (exact) mass is 297 g/mol. The fourth-order valence-electron chi connectivity index (χ4n) is 1.77. The van der Waals surface area contributed by atoms with Crippen molar-refractivity contribution in [2.75, 3.05) is 6.54 Å². The minimum absolute atomic E-state index is 0.0749. The van der Waals surface area contributed by atoms with Crippen LogP contribution in [0.2, 0.25) is 5.02 Å². The second-order valence-electron chi connectivity index (χ2n) is 4.40. The Bertz CT molecular complexity index is 587. The molecule has 0 aliphatic heterocycles. The third-order valence-electron chi connectivity index (χ3n) is 2.82. The average molecular weight is 298 g/mol. The number of aromatic nitrogens is 4. The lowest BCUT2D eigenvalue weighted by Gasteiger charge is -2.18. The number of rotatable bonds is 5. The molecule has 0 atom stereocenters. The number of likely N-dealkylation sites (N-methyl/N-ethyl adjacent to an activating group) is 1. The van der Waals surface area contributed by atoms with Gasteiger partial charge in [0.05, 0.1) is 17.3 Å². The van der Waals surface area contributed by atoms with Crippen LogP contribution < -0.4 is 0 Å². The number of amides is 1. The lowest BCUT2D eigenvalue weighted by Crippen LogP contribution is -2.33. The molecule has 0 bridgehead atoms. The van der Waals surface area contributed by atoms with E-state index in [-0.39, 0.29) is 12.5 Å². The average Bonchev–Trinajstić information content (AvgIpc) is 2.93. The fourth-order valence-corrected chi connectivity index (χ4v) is 1.92. The van der Waals surface area contributed by atoms with Gasteiger partial charge in [-0.15, -0.1) is 0 Å². The first kappa shape index (κ1) is 14.5. The van der Waals surface area contributed by atoms with E-state index in [9.17, 15) is 4.79 Å². The largest absolute Gasteiger partial charge is 0.340 e. The van der Waals surface area contributed by atoms with E-state index in [2.05, 4.69) is 15.2 Å². The van der Waals surface area contributed by atoms with E-state index in [4.69, 9.17) is 16.1 Å². The van der Waals surface area contributed by atoms with Crippen molar-refractivity contribution in [1.82, 2.24) is 24.8 Å². The Kier molecular flexibility index (Phi) is 4.39. The van der Waals surface area contributed by atoms with E-state index < -0.39 is 0 Å². The second kappa shape index (κ2) is 6.04. The molecule has 108 valence electrons. The summed E-state index contributed by atoms with van der Waals surface area (Å²) < 4.78 is 6.42. The van der Waals surface area contributed by atoms with Crippen LogP contribution in [0.1, 0.15) is 24.3 Å². The normalized spacial score (nSPS) is 10.8. The second-order valence-corrected chi connectivity index (χ2v) is 4.80. The smallest absolute Gasteiger partial charge is 0.244 e. The van der Waals surface area contributed by atoms with Crippen molar-refractivity contribution in [2.45, 2.75) is 33.9 Å². The summed E-state index contributed by atoms with van der Waals surface area (Å²) in [4.78, 5) is 17.9. The molecule has 20 heavy (non-hydrogen) atoms. The van der Waals surface area contributed by atoms with Gasteiger partial charge in [0.1, 0.15) is 6.54 Å². The number of hydrogen-bond acceptors (Lipinski definition) is 5. The molecule has 0 spiro atoms. The third kappa shape index (κ3) is 3.36. The highest BCUT2D eigenvalue weighted by molar-refractivity contribution is 6.31. The van der Waals surface area contributed by atoms with Crippen molar-refractivity contribution >= 4 is 17.5 Å². The van der Waals surface area contributed by atoms with E-state index in [0.717, 1.165) is 0 Å². The van der Waals surface area contributed by atoms with E-state index >= 15 is 0 Å².